The van der Waals surface area contributed by atoms with E-state index in [1.54, 1.807) is 4.90 Å². The molecule has 14 heavy (non-hydrogen) atoms. The van der Waals surface area contributed by atoms with Crippen molar-refractivity contribution in [1.29, 1.82) is 0 Å². The maximum absolute atomic E-state index is 11.7. The smallest absolute Gasteiger partial charge is 0.228 e. The van der Waals surface area contributed by atoms with Gasteiger partial charge in [0, 0.05) is 24.6 Å². The quantitative estimate of drug-likeness (QED) is 0.367. The minimum Gasteiger partial charge on any atom is -0.381 e. The van der Waals surface area contributed by atoms with Crippen LogP contribution in [0.1, 0.15) is 6.42 Å². The van der Waals surface area contributed by atoms with Gasteiger partial charge in [-0.25, -0.2) is 0 Å². The molecule has 1 unspecified atom stereocenters. The second kappa shape index (κ2) is 3.86. The summed E-state index contributed by atoms with van der Waals surface area (Å²) in [7, 11) is 0. The van der Waals surface area contributed by atoms with Crippen molar-refractivity contribution in [3.63, 3.8) is 0 Å². The van der Waals surface area contributed by atoms with E-state index in [4.69, 9.17) is 10.3 Å². The van der Waals surface area contributed by atoms with Gasteiger partial charge in [0.15, 0.2) is 0 Å². The summed E-state index contributed by atoms with van der Waals surface area (Å²) >= 11 is 0. The van der Waals surface area contributed by atoms with Crippen LogP contribution in [0.25, 0.3) is 10.4 Å². The van der Waals surface area contributed by atoms with Crippen molar-refractivity contribution < 1.29 is 9.53 Å². The SMILES string of the molecule is [N-]=[N+]=NC1CN(C(=O)C2CCOC2)C1. The second-order valence-corrected chi connectivity index (χ2v) is 3.66. The topological polar surface area (TPSA) is 78.3 Å². The number of hydrogen-bond acceptors (Lipinski definition) is 3. The van der Waals surface area contributed by atoms with E-state index < -0.39 is 0 Å². The molecule has 2 rings (SSSR count). The van der Waals surface area contributed by atoms with Crippen molar-refractivity contribution in [2.24, 2.45) is 11.0 Å². The lowest BCUT2D eigenvalue weighted by molar-refractivity contribution is -0.139. The fourth-order valence-corrected chi connectivity index (χ4v) is 1.77. The molecule has 0 aromatic carbocycles. The van der Waals surface area contributed by atoms with Crippen molar-refractivity contribution in [1.82, 2.24) is 4.90 Å². The number of hydrogen-bond donors (Lipinski definition) is 0. The van der Waals surface area contributed by atoms with Gasteiger partial charge in [-0.15, -0.1) is 0 Å². The molecule has 1 amide bonds. The van der Waals surface area contributed by atoms with E-state index in [9.17, 15) is 4.79 Å². The number of carbonyl (C=O) groups is 1. The molecule has 2 aliphatic heterocycles. The molecule has 76 valence electrons. The van der Waals surface area contributed by atoms with Crippen LogP contribution in [-0.2, 0) is 9.53 Å². The van der Waals surface area contributed by atoms with Gasteiger partial charge in [0.25, 0.3) is 0 Å². The largest absolute Gasteiger partial charge is 0.381 e. The number of carbonyl (C=O) groups excluding carboxylic acids is 1. The van der Waals surface area contributed by atoms with Crippen LogP contribution in [-0.4, -0.2) is 43.2 Å². The highest BCUT2D eigenvalue weighted by molar-refractivity contribution is 5.80. The molecule has 2 aliphatic rings. The minimum absolute atomic E-state index is 0.0220. The van der Waals surface area contributed by atoms with Crippen LogP contribution < -0.4 is 0 Å². The highest BCUT2D eigenvalue weighted by Gasteiger charge is 2.35. The zero-order chi connectivity index (χ0) is 9.97. The van der Waals surface area contributed by atoms with Gasteiger partial charge in [-0.05, 0) is 12.0 Å². The first kappa shape index (κ1) is 9.30. The highest BCUT2D eigenvalue weighted by Crippen LogP contribution is 2.20. The molecule has 2 heterocycles. The molecular weight excluding hydrogens is 184 g/mol. The van der Waals surface area contributed by atoms with Gasteiger partial charge in [-0.1, -0.05) is 5.11 Å². The Labute approximate surface area is 81.5 Å². The van der Waals surface area contributed by atoms with Crippen LogP contribution in [0.3, 0.4) is 0 Å². The van der Waals surface area contributed by atoms with Crippen molar-refractivity contribution in [2.75, 3.05) is 26.3 Å². The number of ether oxygens (including phenoxy) is 1. The summed E-state index contributed by atoms with van der Waals surface area (Å²) in [5.74, 6) is 0.175. The zero-order valence-corrected chi connectivity index (χ0v) is 7.80. The first-order valence-electron chi connectivity index (χ1n) is 4.72. The van der Waals surface area contributed by atoms with E-state index in [0.29, 0.717) is 26.3 Å². The highest BCUT2D eigenvalue weighted by atomic mass is 16.5. The summed E-state index contributed by atoms with van der Waals surface area (Å²) in [5.41, 5.74) is 8.17. The van der Waals surface area contributed by atoms with E-state index in [1.807, 2.05) is 0 Å². The maximum atomic E-state index is 11.7. The number of amides is 1. The van der Waals surface area contributed by atoms with E-state index in [0.717, 1.165) is 6.42 Å². The molecule has 0 radical (unpaired) electrons. The lowest BCUT2D eigenvalue weighted by Gasteiger charge is -2.37. The summed E-state index contributed by atoms with van der Waals surface area (Å²) in [6.07, 6.45) is 0.821. The van der Waals surface area contributed by atoms with Crippen molar-refractivity contribution >= 4 is 5.91 Å². The first-order chi connectivity index (χ1) is 6.81. The molecule has 0 spiro atoms. The van der Waals surface area contributed by atoms with Crippen molar-refractivity contribution in [3.05, 3.63) is 10.4 Å². The lowest BCUT2D eigenvalue weighted by Crippen LogP contribution is -2.54. The van der Waals surface area contributed by atoms with Crippen LogP contribution in [0, 0.1) is 5.92 Å². The van der Waals surface area contributed by atoms with Crippen LogP contribution in [0.2, 0.25) is 0 Å². The normalized spacial score (nSPS) is 26.9. The Bertz CT molecular complexity index is 275. The fraction of sp³-hybridized carbons (Fsp3) is 0.875. The van der Waals surface area contributed by atoms with Gasteiger partial charge in [0.2, 0.25) is 5.91 Å². The van der Waals surface area contributed by atoms with Crippen LogP contribution in [0.4, 0.5) is 0 Å². The van der Waals surface area contributed by atoms with Gasteiger partial charge in [0.1, 0.15) is 0 Å². The van der Waals surface area contributed by atoms with E-state index in [-0.39, 0.29) is 17.9 Å². The van der Waals surface area contributed by atoms with E-state index in [1.165, 1.54) is 0 Å². The summed E-state index contributed by atoms with van der Waals surface area (Å²) in [6.45, 7) is 2.37. The Hall–Kier alpha value is -1.26. The Morgan fingerprint density at radius 3 is 2.93 bits per heavy atom. The Balaban J connectivity index is 1.81. The predicted octanol–water partition coefficient (Wildman–Crippen LogP) is 0.544. The number of nitrogens with zero attached hydrogens (tertiary/aromatic N) is 4. The van der Waals surface area contributed by atoms with Gasteiger partial charge >= 0.3 is 0 Å². The third-order valence-corrected chi connectivity index (χ3v) is 2.67. The summed E-state index contributed by atoms with van der Waals surface area (Å²) < 4.78 is 5.14. The number of rotatable bonds is 2. The predicted molar refractivity (Wildman–Crippen MR) is 48.4 cm³/mol. The third kappa shape index (κ3) is 1.66. The molecule has 2 saturated heterocycles. The monoisotopic (exact) mass is 196 g/mol. The molecule has 0 bridgehead atoms. The van der Waals surface area contributed by atoms with Crippen LogP contribution in [0.15, 0.2) is 5.11 Å². The Kier molecular flexibility index (Phi) is 2.56. The summed E-state index contributed by atoms with van der Waals surface area (Å²) in [4.78, 5) is 16.1. The van der Waals surface area contributed by atoms with Gasteiger partial charge in [-0.3, -0.25) is 4.79 Å². The minimum atomic E-state index is -0.0220. The molecule has 6 nitrogen and oxygen atoms in total. The summed E-state index contributed by atoms with van der Waals surface area (Å²) in [5, 5.41) is 3.54. The molecule has 0 aromatic heterocycles. The molecule has 2 fully saturated rings. The average Bonchev–Trinajstić information content (AvgIpc) is 2.62. The molecule has 0 aromatic rings. The van der Waals surface area contributed by atoms with Crippen molar-refractivity contribution in [2.45, 2.75) is 12.5 Å². The standard InChI is InChI=1S/C8H12N4O2/c9-11-10-7-3-12(4-7)8(13)6-1-2-14-5-6/h6-7H,1-5H2. The van der Waals surface area contributed by atoms with Gasteiger partial charge in [0.05, 0.1) is 18.6 Å². The fourth-order valence-electron chi connectivity index (χ4n) is 1.77. The molecular formula is C8H12N4O2. The second-order valence-electron chi connectivity index (χ2n) is 3.66. The zero-order valence-electron chi connectivity index (χ0n) is 7.80. The number of likely N-dealkylation sites (tertiary alicyclic amines) is 1. The van der Waals surface area contributed by atoms with E-state index >= 15 is 0 Å². The van der Waals surface area contributed by atoms with E-state index in [2.05, 4.69) is 10.0 Å². The van der Waals surface area contributed by atoms with Gasteiger partial charge < -0.3 is 9.64 Å². The third-order valence-electron chi connectivity index (χ3n) is 2.67. The lowest BCUT2D eigenvalue weighted by atomic mass is 10.0. The molecule has 0 N–H and O–H groups in total. The number of azide groups is 1. The Morgan fingerprint density at radius 1 is 1.57 bits per heavy atom. The molecule has 1 atom stereocenters. The molecule has 0 aliphatic carbocycles. The van der Waals surface area contributed by atoms with Gasteiger partial charge in [-0.2, -0.15) is 0 Å². The molecule has 0 saturated carbocycles. The van der Waals surface area contributed by atoms with Crippen molar-refractivity contribution in [3.8, 4) is 0 Å². The summed E-state index contributed by atoms with van der Waals surface area (Å²) in [6, 6.07) is -0.0220. The average molecular weight is 196 g/mol. The van der Waals surface area contributed by atoms with Crippen LogP contribution in [0.5, 0.6) is 0 Å². The Morgan fingerprint density at radius 2 is 2.36 bits per heavy atom. The molecule has 6 heteroatoms. The maximum Gasteiger partial charge on any atom is 0.228 e. The first-order valence-corrected chi connectivity index (χ1v) is 4.72. The van der Waals surface area contributed by atoms with Crippen LogP contribution >= 0.6 is 0 Å².